The molecule has 0 unspecified atom stereocenters. The van der Waals surface area contributed by atoms with Crippen LogP contribution in [-0.4, -0.2) is 20.0 Å². The highest BCUT2D eigenvalue weighted by Crippen LogP contribution is 2.26. The van der Waals surface area contributed by atoms with Crippen LogP contribution in [-0.2, 0) is 10.0 Å². The summed E-state index contributed by atoms with van der Waals surface area (Å²) in [5, 5.41) is 0. The lowest BCUT2D eigenvalue weighted by molar-refractivity contribution is 0.342. The van der Waals surface area contributed by atoms with Crippen molar-refractivity contribution in [3.63, 3.8) is 0 Å². The third-order valence-corrected chi connectivity index (χ3v) is 3.98. The Kier molecular flexibility index (Phi) is 4.61. The summed E-state index contributed by atoms with van der Waals surface area (Å²) in [4.78, 5) is 3.92. The van der Waals surface area contributed by atoms with Crippen LogP contribution in [0.4, 0.5) is 11.5 Å². The van der Waals surface area contributed by atoms with Crippen molar-refractivity contribution in [2.75, 3.05) is 16.8 Å². The summed E-state index contributed by atoms with van der Waals surface area (Å²) >= 11 is 0. The van der Waals surface area contributed by atoms with Crippen molar-refractivity contribution in [2.45, 2.75) is 11.8 Å². The maximum absolute atomic E-state index is 12.4. The number of pyridine rings is 1. The average Bonchev–Trinajstić information content (AvgIpc) is 2.49. The van der Waals surface area contributed by atoms with Gasteiger partial charge in [-0.05, 0) is 25.1 Å². The summed E-state index contributed by atoms with van der Waals surface area (Å²) in [7, 11) is -3.75. The number of hydrogen-bond acceptors (Lipinski definition) is 6. The number of rotatable bonds is 6. The first-order valence-electron chi connectivity index (χ1n) is 6.24. The van der Waals surface area contributed by atoms with E-state index in [9.17, 15) is 8.42 Å². The molecule has 112 valence electrons. The molecular weight excluding hydrogens is 292 g/mol. The Bertz CT molecular complexity index is 719. The first-order chi connectivity index (χ1) is 10.1. The average molecular weight is 308 g/mol. The molecule has 0 fully saturated rings. The third kappa shape index (κ3) is 3.61. The normalized spacial score (nSPS) is 11.0. The van der Waals surface area contributed by atoms with E-state index < -0.39 is 10.0 Å². The molecule has 0 aliphatic heterocycles. The Morgan fingerprint density at radius 2 is 2.05 bits per heavy atom. The number of nitrogens with two attached hydrogens (primary N) is 1. The van der Waals surface area contributed by atoms with E-state index in [-0.39, 0.29) is 10.7 Å². The van der Waals surface area contributed by atoms with E-state index >= 15 is 0 Å². The molecule has 0 spiro atoms. The molecule has 1 aromatic carbocycles. The largest absolute Gasteiger partial charge is 0.492 e. The smallest absolute Gasteiger partial charge is 0.262 e. The number of nitrogen functional groups attached to an aromatic ring is 1. The minimum absolute atomic E-state index is 0.0525. The molecule has 0 aliphatic rings. The van der Waals surface area contributed by atoms with E-state index in [0.29, 0.717) is 18.0 Å². The van der Waals surface area contributed by atoms with Gasteiger partial charge in [-0.1, -0.05) is 12.1 Å². The molecule has 7 nitrogen and oxygen atoms in total. The van der Waals surface area contributed by atoms with Gasteiger partial charge in [0.15, 0.2) is 0 Å². The number of benzene rings is 1. The van der Waals surface area contributed by atoms with Crippen molar-refractivity contribution in [2.24, 2.45) is 5.84 Å². The molecular formula is C13H16N4O3S. The Balaban J connectivity index is 2.33. The van der Waals surface area contributed by atoms with E-state index in [1.54, 1.807) is 24.3 Å². The number of ether oxygens (including phenoxy) is 1. The second-order valence-corrected chi connectivity index (χ2v) is 5.74. The van der Waals surface area contributed by atoms with Crippen molar-refractivity contribution in [3.8, 4) is 5.75 Å². The summed E-state index contributed by atoms with van der Waals surface area (Å²) in [5.74, 6) is 5.96. The first-order valence-corrected chi connectivity index (χ1v) is 7.72. The van der Waals surface area contributed by atoms with Crippen LogP contribution < -0.4 is 20.7 Å². The van der Waals surface area contributed by atoms with Gasteiger partial charge in [-0.3, -0.25) is 4.72 Å². The van der Waals surface area contributed by atoms with Crippen LogP contribution >= 0.6 is 0 Å². The second-order valence-electron chi connectivity index (χ2n) is 4.06. The predicted octanol–water partition coefficient (Wildman–Crippen LogP) is 1.57. The van der Waals surface area contributed by atoms with Gasteiger partial charge in [0.2, 0.25) is 0 Å². The molecule has 8 heteroatoms. The minimum atomic E-state index is -3.75. The minimum Gasteiger partial charge on any atom is -0.492 e. The van der Waals surface area contributed by atoms with Crippen LogP contribution in [0.3, 0.4) is 0 Å². The summed E-state index contributed by atoms with van der Waals surface area (Å²) in [6, 6.07) is 9.54. The number of nitrogens with zero attached hydrogens (tertiary/aromatic N) is 1. The van der Waals surface area contributed by atoms with E-state index in [2.05, 4.69) is 15.1 Å². The molecule has 1 aromatic heterocycles. The highest BCUT2D eigenvalue weighted by Gasteiger charge is 2.17. The van der Waals surface area contributed by atoms with Crippen molar-refractivity contribution in [3.05, 3.63) is 42.6 Å². The lowest BCUT2D eigenvalue weighted by Crippen LogP contribution is -2.15. The van der Waals surface area contributed by atoms with E-state index in [4.69, 9.17) is 10.6 Å². The number of para-hydroxylation sites is 2. The van der Waals surface area contributed by atoms with E-state index in [1.165, 1.54) is 18.3 Å². The predicted molar refractivity (Wildman–Crippen MR) is 80.5 cm³/mol. The van der Waals surface area contributed by atoms with Crippen LogP contribution in [0, 0.1) is 0 Å². The van der Waals surface area contributed by atoms with E-state index in [0.717, 1.165) is 0 Å². The van der Waals surface area contributed by atoms with Gasteiger partial charge in [0.25, 0.3) is 10.0 Å². The zero-order valence-corrected chi connectivity index (χ0v) is 12.2. The molecule has 2 rings (SSSR count). The number of hydrogen-bond donors (Lipinski definition) is 3. The fourth-order valence-electron chi connectivity index (χ4n) is 1.69. The van der Waals surface area contributed by atoms with Gasteiger partial charge in [0.05, 0.1) is 17.2 Å². The van der Waals surface area contributed by atoms with E-state index in [1.807, 2.05) is 6.92 Å². The summed E-state index contributed by atoms with van der Waals surface area (Å²) in [6.07, 6.45) is 1.36. The maximum Gasteiger partial charge on any atom is 0.262 e. The van der Waals surface area contributed by atoms with Gasteiger partial charge in [0.1, 0.15) is 11.6 Å². The zero-order chi connectivity index (χ0) is 15.3. The van der Waals surface area contributed by atoms with Crippen LogP contribution in [0.15, 0.2) is 47.5 Å². The maximum atomic E-state index is 12.4. The van der Waals surface area contributed by atoms with Crippen LogP contribution in [0.1, 0.15) is 6.92 Å². The Morgan fingerprint density at radius 1 is 1.29 bits per heavy atom. The molecule has 0 amide bonds. The Morgan fingerprint density at radius 3 is 2.76 bits per heavy atom. The fourth-order valence-corrected chi connectivity index (χ4v) is 2.78. The molecule has 1 heterocycles. The summed E-state index contributed by atoms with van der Waals surface area (Å²) in [6.45, 7) is 2.27. The first kappa shape index (κ1) is 15.1. The highest BCUT2D eigenvalue weighted by atomic mass is 32.2. The van der Waals surface area contributed by atoms with Crippen molar-refractivity contribution < 1.29 is 13.2 Å². The number of sulfonamides is 1. The zero-order valence-electron chi connectivity index (χ0n) is 11.4. The van der Waals surface area contributed by atoms with Crippen LogP contribution in [0.5, 0.6) is 5.75 Å². The highest BCUT2D eigenvalue weighted by molar-refractivity contribution is 7.92. The number of aromatic nitrogens is 1. The number of nitrogens with one attached hydrogen (secondary N) is 2. The second kappa shape index (κ2) is 6.42. The number of anilines is 2. The number of hydrazine groups is 1. The van der Waals surface area contributed by atoms with Gasteiger partial charge in [-0.15, -0.1) is 0 Å². The van der Waals surface area contributed by atoms with Crippen LogP contribution in [0.2, 0.25) is 0 Å². The molecule has 0 bridgehead atoms. The quantitative estimate of drug-likeness (QED) is 0.552. The molecule has 0 aliphatic carbocycles. The van der Waals surface area contributed by atoms with Crippen LogP contribution in [0.25, 0.3) is 0 Å². The van der Waals surface area contributed by atoms with Gasteiger partial charge in [-0.2, -0.15) is 0 Å². The van der Waals surface area contributed by atoms with Crippen molar-refractivity contribution >= 4 is 21.5 Å². The Labute approximate surface area is 123 Å². The van der Waals surface area contributed by atoms with Gasteiger partial charge >= 0.3 is 0 Å². The molecule has 2 aromatic rings. The molecule has 0 atom stereocenters. The van der Waals surface area contributed by atoms with Gasteiger partial charge in [-0.25, -0.2) is 19.2 Å². The van der Waals surface area contributed by atoms with Gasteiger partial charge in [0, 0.05) is 12.3 Å². The lowest BCUT2D eigenvalue weighted by atomic mass is 10.3. The van der Waals surface area contributed by atoms with Gasteiger partial charge < -0.3 is 10.2 Å². The Hall–Kier alpha value is -2.32. The summed E-state index contributed by atoms with van der Waals surface area (Å²) in [5.41, 5.74) is 2.68. The summed E-state index contributed by atoms with van der Waals surface area (Å²) < 4.78 is 32.6. The lowest BCUT2D eigenvalue weighted by Gasteiger charge is -2.13. The SMILES string of the molecule is CCOc1ccccc1NS(=O)(=O)c1ccnc(NN)c1. The third-order valence-electron chi connectivity index (χ3n) is 2.62. The monoisotopic (exact) mass is 308 g/mol. The van der Waals surface area contributed by atoms with Crippen molar-refractivity contribution in [1.82, 2.24) is 4.98 Å². The molecule has 0 saturated heterocycles. The van der Waals surface area contributed by atoms with Crippen molar-refractivity contribution in [1.29, 1.82) is 0 Å². The molecule has 0 radical (unpaired) electrons. The topological polar surface area (TPSA) is 106 Å². The standard InChI is InChI=1S/C13H16N4O3S/c1-2-20-12-6-4-3-5-11(12)17-21(18,19)10-7-8-15-13(9-10)16-14/h3-9,17H,2,14H2,1H3,(H,15,16). The fraction of sp³-hybridized carbons (Fsp3) is 0.154. The molecule has 0 saturated carbocycles. The molecule has 21 heavy (non-hydrogen) atoms. The molecule has 4 N–H and O–H groups in total.